The highest BCUT2D eigenvalue weighted by atomic mass is 16.1. The number of Topliss-reactive ketones (excluding diaryl/α,β-unsaturated/α-hetero) is 1. The highest BCUT2D eigenvalue weighted by Crippen LogP contribution is 2.35. The molecule has 2 N–H and O–H groups in total. The normalized spacial score (nSPS) is 24.2. The van der Waals surface area contributed by atoms with Gasteiger partial charge in [-0.05, 0) is 49.7 Å². The van der Waals surface area contributed by atoms with E-state index in [0.29, 0.717) is 11.4 Å². The third-order valence-electron chi connectivity index (χ3n) is 4.19. The first-order chi connectivity index (χ1) is 8.59. The lowest BCUT2D eigenvalue weighted by molar-refractivity contribution is 0.0859. The number of anilines is 1. The van der Waals surface area contributed by atoms with Gasteiger partial charge in [-0.25, -0.2) is 4.98 Å². The number of nitrogens with zero attached hydrogens (tertiary/aromatic N) is 1. The van der Waals surface area contributed by atoms with Gasteiger partial charge in [0, 0.05) is 12.1 Å². The van der Waals surface area contributed by atoms with Crippen molar-refractivity contribution >= 4 is 11.6 Å². The Morgan fingerprint density at radius 3 is 2.56 bits per heavy atom. The lowest BCUT2D eigenvalue weighted by Gasteiger charge is -2.30. The van der Waals surface area contributed by atoms with Gasteiger partial charge >= 0.3 is 0 Å². The summed E-state index contributed by atoms with van der Waals surface area (Å²) in [5, 5.41) is 0. The van der Waals surface area contributed by atoms with Gasteiger partial charge in [0.1, 0.15) is 5.82 Å². The number of carbonyl (C=O) groups excluding carboxylic acids is 1. The monoisotopic (exact) mass is 246 g/mol. The molecule has 1 aromatic heterocycles. The summed E-state index contributed by atoms with van der Waals surface area (Å²) < 4.78 is 0. The van der Waals surface area contributed by atoms with E-state index in [1.54, 1.807) is 18.3 Å². The molecule has 3 nitrogen and oxygen atoms in total. The van der Waals surface area contributed by atoms with E-state index < -0.39 is 0 Å². The molecule has 0 aromatic carbocycles. The van der Waals surface area contributed by atoms with E-state index in [-0.39, 0.29) is 11.7 Å². The van der Waals surface area contributed by atoms with Crippen LogP contribution in [0.3, 0.4) is 0 Å². The number of nitrogens with two attached hydrogens (primary N) is 1. The molecule has 2 rings (SSSR count). The third-order valence-corrected chi connectivity index (χ3v) is 4.19. The summed E-state index contributed by atoms with van der Waals surface area (Å²) in [6, 6.07) is 3.57. The van der Waals surface area contributed by atoms with Crippen LogP contribution >= 0.6 is 0 Å². The van der Waals surface area contributed by atoms with E-state index in [1.807, 2.05) is 0 Å². The Morgan fingerprint density at radius 1 is 1.33 bits per heavy atom. The highest BCUT2D eigenvalue weighted by molar-refractivity contribution is 6.01. The Bertz CT molecular complexity index is 420. The number of hydrogen-bond donors (Lipinski definition) is 1. The van der Waals surface area contributed by atoms with Gasteiger partial charge in [0.25, 0.3) is 0 Å². The number of nitrogen functional groups attached to an aromatic ring is 1. The first-order valence-corrected chi connectivity index (χ1v) is 6.84. The number of ketones is 1. The van der Waals surface area contributed by atoms with Crippen molar-refractivity contribution in [3.8, 4) is 0 Å². The highest BCUT2D eigenvalue weighted by Gasteiger charge is 2.29. The zero-order chi connectivity index (χ0) is 13.1. The summed E-state index contributed by atoms with van der Waals surface area (Å²) in [7, 11) is 0. The molecule has 0 saturated heterocycles. The van der Waals surface area contributed by atoms with Gasteiger partial charge in [0.15, 0.2) is 5.78 Å². The number of pyridine rings is 1. The van der Waals surface area contributed by atoms with Crippen LogP contribution in [0.5, 0.6) is 0 Å². The minimum absolute atomic E-state index is 0.145. The molecule has 0 amide bonds. The number of aromatic nitrogens is 1. The van der Waals surface area contributed by atoms with Crippen molar-refractivity contribution in [2.45, 2.75) is 39.5 Å². The van der Waals surface area contributed by atoms with Crippen molar-refractivity contribution in [3.05, 3.63) is 23.9 Å². The maximum Gasteiger partial charge on any atom is 0.169 e. The molecule has 0 aliphatic heterocycles. The van der Waals surface area contributed by atoms with Crippen LogP contribution in [0.15, 0.2) is 18.3 Å². The molecule has 0 atom stereocenters. The second-order valence-electron chi connectivity index (χ2n) is 5.66. The molecule has 1 aromatic rings. The molecule has 3 heteroatoms. The standard InChI is InChI=1S/C15H22N2O/c1-10(2)11-5-7-12(8-6-11)14(18)13-4-3-9-17-15(13)16/h3-4,9-12H,5-8H2,1-2H3,(H2,16,17). The largest absolute Gasteiger partial charge is 0.383 e. The van der Waals surface area contributed by atoms with Crippen molar-refractivity contribution in [2.75, 3.05) is 5.73 Å². The minimum atomic E-state index is 0.145. The van der Waals surface area contributed by atoms with Gasteiger partial charge in [-0.1, -0.05) is 13.8 Å². The fourth-order valence-electron chi connectivity index (χ4n) is 2.89. The minimum Gasteiger partial charge on any atom is -0.383 e. The van der Waals surface area contributed by atoms with Gasteiger partial charge in [0.05, 0.1) is 5.56 Å². The first kappa shape index (κ1) is 13.1. The van der Waals surface area contributed by atoms with Crippen molar-refractivity contribution in [1.82, 2.24) is 4.98 Å². The average molecular weight is 246 g/mol. The zero-order valence-electron chi connectivity index (χ0n) is 11.2. The maximum atomic E-state index is 12.4. The van der Waals surface area contributed by atoms with Crippen LogP contribution < -0.4 is 5.73 Å². The van der Waals surface area contributed by atoms with Crippen molar-refractivity contribution in [3.63, 3.8) is 0 Å². The first-order valence-electron chi connectivity index (χ1n) is 6.84. The van der Waals surface area contributed by atoms with Crippen molar-refractivity contribution in [2.24, 2.45) is 17.8 Å². The molecule has 1 heterocycles. The Morgan fingerprint density at radius 2 is 2.00 bits per heavy atom. The van der Waals surface area contributed by atoms with E-state index in [9.17, 15) is 4.79 Å². The van der Waals surface area contributed by atoms with Crippen LogP contribution in [0.1, 0.15) is 49.9 Å². The van der Waals surface area contributed by atoms with Crippen molar-refractivity contribution in [1.29, 1.82) is 0 Å². The predicted molar refractivity (Wildman–Crippen MR) is 73.3 cm³/mol. The van der Waals surface area contributed by atoms with E-state index in [4.69, 9.17) is 5.73 Å². The van der Waals surface area contributed by atoms with Crippen molar-refractivity contribution < 1.29 is 4.79 Å². The molecule has 1 saturated carbocycles. The Balaban J connectivity index is 2.02. The summed E-state index contributed by atoms with van der Waals surface area (Å²) >= 11 is 0. The summed E-state index contributed by atoms with van der Waals surface area (Å²) in [6.07, 6.45) is 5.94. The van der Waals surface area contributed by atoms with Crippen LogP contribution in [0.25, 0.3) is 0 Å². The lowest BCUT2D eigenvalue weighted by Crippen LogP contribution is -2.25. The van der Waals surface area contributed by atoms with Gasteiger partial charge < -0.3 is 5.73 Å². The van der Waals surface area contributed by atoms with Crippen LogP contribution in [-0.4, -0.2) is 10.8 Å². The van der Waals surface area contributed by atoms with E-state index in [2.05, 4.69) is 18.8 Å². The average Bonchev–Trinajstić information content (AvgIpc) is 2.38. The molecule has 1 fully saturated rings. The fourth-order valence-corrected chi connectivity index (χ4v) is 2.89. The van der Waals surface area contributed by atoms with Crippen LogP contribution in [0.2, 0.25) is 0 Å². The Labute approximate surface area is 109 Å². The quantitative estimate of drug-likeness (QED) is 0.832. The molecular formula is C15H22N2O. The number of rotatable bonds is 3. The number of hydrogen-bond acceptors (Lipinski definition) is 3. The zero-order valence-corrected chi connectivity index (χ0v) is 11.2. The second-order valence-corrected chi connectivity index (χ2v) is 5.66. The van der Waals surface area contributed by atoms with Gasteiger partial charge in [-0.15, -0.1) is 0 Å². The molecule has 0 spiro atoms. The maximum absolute atomic E-state index is 12.4. The predicted octanol–water partition coefficient (Wildman–Crippen LogP) is 3.31. The number of carbonyl (C=O) groups is 1. The van der Waals surface area contributed by atoms with Crippen LogP contribution in [0, 0.1) is 17.8 Å². The summed E-state index contributed by atoms with van der Waals surface area (Å²) in [5.41, 5.74) is 6.37. The second kappa shape index (κ2) is 5.51. The Kier molecular flexibility index (Phi) is 4.00. The summed E-state index contributed by atoms with van der Waals surface area (Å²) in [6.45, 7) is 4.54. The van der Waals surface area contributed by atoms with Crippen LogP contribution in [0.4, 0.5) is 5.82 Å². The molecule has 0 unspecified atom stereocenters. The molecule has 98 valence electrons. The topological polar surface area (TPSA) is 56.0 Å². The SMILES string of the molecule is CC(C)C1CCC(C(=O)c2cccnc2N)CC1. The van der Waals surface area contributed by atoms with Gasteiger partial charge in [0.2, 0.25) is 0 Å². The third kappa shape index (κ3) is 2.71. The van der Waals surface area contributed by atoms with E-state index >= 15 is 0 Å². The summed E-state index contributed by atoms with van der Waals surface area (Å²) in [4.78, 5) is 16.4. The summed E-state index contributed by atoms with van der Waals surface area (Å²) in [5.74, 6) is 2.20. The van der Waals surface area contributed by atoms with Crippen LogP contribution in [-0.2, 0) is 0 Å². The molecule has 1 aliphatic rings. The smallest absolute Gasteiger partial charge is 0.169 e. The molecule has 0 radical (unpaired) electrons. The fraction of sp³-hybridized carbons (Fsp3) is 0.600. The van der Waals surface area contributed by atoms with E-state index in [0.717, 1.165) is 37.5 Å². The molecule has 0 bridgehead atoms. The molecule has 1 aliphatic carbocycles. The molecular weight excluding hydrogens is 224 g/mol. The lowest BCUT2D eigenvalue weighted by atomic mass is 9.75. The van der Waals surface area contributed by atoms with E-state index in [1.165, 1.54) is 0 Å². The van der Waals surface area contributed by atoms with Gasteiger partial charge in [-0.3, -0.25) is 4.79 Å². The molecule has 18 heavy (non-hydrogen) atoms. The Hall–Kier alpha value is -1.38. The van der Waals surface area contributed by atoms with Gasteiger partial charge in [-0.2, -0.15) is 0 Å².